The van der Waals surface area contributed by atoms with Crippen molar-refractivity contribution in [1.29, 1.82) is 0 Å². The summed E-state index contributed by atoms with van der Waals surface area (Å²) in [6, 6.07) is 3.30. The minimum Gasteiger partial charge on any atom is -0.493 e. The maximum absolute atomic E-state index is 11.6. The smallest absolute Gasteiger partial charge is 0.215 e. The highest BCUT2D eigenvalue weighted by atomic mass is 32.2. The summed E-state index contributed by atoms with van der Waals surface area (Å²) < 4.78 is 34.8. The van der Waals surface area contributed by atoms with Crippen LogP contribution in [-0.2, 0) is 10.0 Å². The maximum atomic E-state index is 11.6. The highest BCUT2D eigenvalue weighted by Crippen LogP contribution is 2.34. The molecular formula is C12H21N3O4S. The average Bonchev–Trinajstić information content (AvgIpc) is 2.39. The molecule has 3 N–H and O–H groups in total. The number of methoxy groups -OCH3 is 2. The van der Waals surface area contributed by atoms with E-state index in [2.05, 4.69) is 5.32 Å². The summed E-state index contributed by atoms with van der Waals surface area (Å²) in [6.07, 6.45) is 0. The number of anilines is 2. The summed E-state index contributed by atoms with van der Waals surface area (Å²) in [6.45, 7) is 0.250. The molecule has 0 heterocycles. The largest absolute Gasteiger partial charge is 0.493 e. The zero-order valence-electron chi connectivity index (χ0n) is 12.1. The first-order valence-corrected chi connectivity index (χ1v) is 7.58. The fourth-order valence-electron chi connectivity index (χ4n) is 1.55. The second-order valence-electron chi connectivity index (χ2n) is 4.32. The van der Waals surface area contributed by atoms with Crippen LogP contribution in [0.15, 0.2) is 12.1 Å². The Morgan fingerprint density at radius 3 is 2.25 bits per heavy atom. The Bertz CT molecular complexity index is 558. The van der Waals surface area contributed by atoms with E-state index >= 15 is 0 Å². The fraction of sp³-hybridized carbons (Fsp3) is 0.500. The Kier molecular flexibility index (Phi) is 5.46. The number of benzene rings is 1. The predicted molar refractivity (Wildman–Crippen MR) is 79.9 cm³/mol. The summed E-state index contributed by atoms with van der Waals surface area (Å²) in [7, 11) is 2.81. The molecule has 114 valence electrons. The molecule has 0 aliphatic heterocycles. The van der Waals surface area contributed by atoms with Crippen molar-refractivity contribution >= 4 is 21.4 Å². The van der Waals surface area contributed by atoms with Crippen LogP contribution in [0, 0.1) is 0 Å². The van der Waals surface area contributed by atoms with Gasteiger partial charge in [-0.05, 0) is 0 Å². The lowest BCUT2D eigenvalue weighted by Gasteiger charge is -2.15. The lowest BCUT2D eigenvalue weighted by Crippen LogP contribution is -2.28. The van der Waals surface area contributed by atoms with Gasteiger partial charge in [0.2, 0.25) is 10.0 Å². The summed E-state index contributed by atoms with van der Waals surface area (Å²) in [4.78, 5) is 0. The van der Waals surface area contributed by atoms with Crippen LogP contribution in [0.3, 0.4) is 0 Å². The Hall–Kier alpha value is -1.67. The van der Waals surface area contributed by atoms with Crippen molar-refractivity contribution in [3.8, 4) is 11.5 Å². The SMILES string of the molecule is COc1cc(N)c(NCCS(=O)(=O)N(C)C)cc1OC. The van der Waals surface area contributed by atoms with E-state index in [1.54, 1.807) is 12.1 Å². The van der Waals surface area contributed by atoms with Crippen LogP contribution < -0.4 is 20.5 Å². The third-order valence-corrected chi connectivity index (χ3v) is 4.62. The summed E-state index contributed by atoms with van der Waals surface area (Å²) in [5.41, 5.74) is 6.94. The first kappa shape index (κ1) is 16.4. The van der Waals surface area contributed by atoms with Crippen molar-refractivity contribution in [2.45, 2.75) is 0 Å². The molecule has 0 saturated carbocycles. The van der Waals surface area contributed by atoms with Gasteiger partial charge in [0.25, 0.3) is 0 Å². The van der Waals surface area contributed by atoms with E-state index in [1.807, 2.05) is 0 Å². The molecule has 0 atom stereocenters. The molecule has 0 aromatic heterocycles. The van der Waals surface area contributed by atoms with E-state index in [0.717, 1.165) is 0 Å². The molecule has 0 aliphatic carbocycles. The molecule has 0 unspecified atom stereocenters. The van der Waals surface area contributed by atoms with Crippen LogP contribution in [0.25, 0.3) is 0 Å². The Balaban J connectivity index is 2.79. The molecule has 0 fully saturated rings. The van der Waals surface area contributed by atoms with Gasteiger partial charge in [0.15, 0.2) is 11.5 Å². The van der Waals surface area contributed by atoms with Crippen LogP contribution in [0.1, 0.15) is 0 Å². The molecule has 1 aromatic rings. The molecule has 0 aliphatic rings. The van der Waals surface area contributed by atoms with Crippen molar-refractivity contribution in [1.82, 2.24) is 4.31 Å². The molecule has 20 heavy (non-hydrogen) atoms. The first-order chi connectivity index (χ1) is 9.31. The van der Waals surface area contributed by atoms with Crippen molar-refractivity contribution < 1.29 is 17.9 Å². The second kappa shape index (κ2) is 6.67. The number of hydrogen-bond acceptors (Lipinski definition) is 6. The topological polar surface area (TPSA) is 93.9 Å². The van der Waals surface area contributed by atoms with Crippen LogP contribution in [0.4, 0.5) is 11.4 Å². The molecule has 0 saturated heterocycles. The predicted octanol–water partition coefficient (Wildman–Crippen LogP) is 0.589. The monoisotopic (exact) mass is 303 g/mol. The zero-order chi connectivity index (χ0) is 15.3. The van der Waals surface area contributed by atoms with Crippen LogP contribution in [0.5, 0.6) is 11.5 Å². The molecule has 0 spiro atoms. The third kappa shape index (κ3) is 3.91. The van der Waals surface area contributed by atoms with E-state index < -0.39 is 10.0 Å². The summed E-state index contributed by atoms with van der Waals surface area (Å²) in [5, 5.41) is 2.98. The number of rotatable bonds is 7. The molecule has 1 aromatic carbocycles. The number of hydrogen-bond donors (Lipinski definition) is 2. The molecule has 1 rings (SSSR count). The van der Waals surface area contributed by atoms with Crippen molar-refractivity contribution in [3.63, 3.8) is 0 Å². The number of sulfonamides is 1. The third-order valence-electron chi connectivity index (χ3n) is 2.79. The van der Waals surface area contributed by atoms with E-state index in [1.165, 1.54) is 32.6 Å². The molecular weight excluding hydrogens is 282 g/mol. The van der Waals surface area contributed by atoms with Gasteiger partial charge in [-0.2, -0.15) is 0 Å². The van der Waals surface area contributed by atoms with Gasteiger partial charge < -0.3 is 20.5 Å². The van der Waals surface area contributed by atoms with Gasteiger partial charge in [0, 0.05) is 32.8 Å². The number of nitrogens with zero attached hydrogens (tertiary/aromatic N) is 1. The van der Waals surface area contributed by atoms with Crippen LogP contribution in [-0.4, -0.2) is 53.3 Å². The highest BCUT2D eigenvalue weighted by Gasteiger charge is 2.14. The first-order valence-electron chi connectivity index (χ1n) is 5.97. The highest BCUT2D eigenvalue weighted by molar-refractivity contribution is 7.89. The van der Waals surface area contributed by atoms with E-state index in [4.69, 9.17) is 15.2 Å². The van der Waals surface area contributed by atoms with Gasteiger partial charge >= 0.3 is 0 Å². The van der Waals surface area contributed by atoms with E-state index in [-0.39, 0.29) is 12.3 Å². The average molecular weight is 303 g/mol. The minimum atomic E-state index is -3.24. The summed E-state index contributed by atoms with van der Waals surface area (Å²) in [5.74, 6) is 1.03. The lowest BCUT2D eigenvalue weighted by molar-refractivity contribution is 0.355. The van der Waals surface area contributed by atoms with Gasteiger partial charge in [-0.1, -0.05) is 0 Å². The molecule has 0 bridgehead atoms. The quantitative estimate of drug-likeness (QED) is 0.716. The van der Waals surface area contributed by atoms with Crippen LogP contribution >= 0.6 is 0 Å². The van der Waals surface area contributed by atoms with Gasteiger partial charge in [-0.25, -0.2) is 12.7 Å². The second-order valence-corrected chi connectivity index (χ2v) is 6.62. The number of nitrogens with one attached hydrogen (secondary N) is 1. The number of nitrogens with two attached hydrogens (primary N) is 1. The Labute approximate surface area is 119 Å². The van der Waals surface area contributed by atoms with Gasteiger partial charge in [0.05, 0.1) is 31.3 Å². The minimum absolute atomic E-state index is 0.0201. The fourth-order valence-corrected chi connectivity index (χ4v) is 2.27. The zero-order valence-corrected chi connectivity index (χ0v) is 13.0. The number of nitrogen functional groups attached to an aromatic ring is 1. The Morgan fingerprint density at radius 1 is 1.20 bits per heavy atom. The normalized spacial score (nSPS) is 11.4. The van der Waals surface area contributed by atoms with Gasteiger partial charge in [0.1, 0.15) is 0 Å². The molecule has 0 radical (unpaired) electrons. The summed E-state index contributed by atoms with van der Waals surface area (Å²) >= 11 is 0. The van der Waals surface area contributed by atoms with E-state index in [9.17, 15) is 8.42 Å². The van der Waals surface area contributed by atoms with Crippen molar-refractivity contribution in [2.75, 3.05) is 51.7 Å². The van der Waals surface area contributed by atoms with Gasteiger partial charge in [-0.15, -0.1) is 0 Å². The molecule has 0 amide bonds. The standard InChI is InChI=1S/C12H21N3O4S/c1-15(2)20(16,17)6-5-14-10-8-12(19-4)11(18-3)7-9(10)13/h7-8,14H,5-6,13H2,1-4H3. The van der Waals surface area contributed by atoms with Crippen LogP contribution in [0.2, 0.25) is 0 Å². The maximum Gasteiger partial charge on any atom is 0.215 e. The lowest BCUT2D eigenvalue weighted by atomic mass is 10.2. The Morgan fingerprint density at radius 2 is 1.75 bits per heavy atom. The van der Waals surface area contributed by atoms with Crippen molar-refractivity contribution in [2.24, 2.45) is 0 Å². The molecule has 8 heteroatoms. The van der Waals surface area contributed by atoms with Crippen molar-refractivity contribution in [3.05, 3.63) is 12.1 Å². The number of ether oxygens (including phenoxy) is 2. The molecule has 7 nitrogen and oxygen atoms in total. The van der Waals surface area contributed by atoms with E-state index in [0.29, 0.717) is 22.9 Å². The van der Waals surface area contributed by atoms with Gasteiger partial charge in [-0.3, -0.25) is 0 Å².